The van der Waals surface area contributed by atoms with Gasteiger partial charge >= 0.3 is 0 Å². The van der Waals surface area contributed by atoms with Crippen molar-refractivity contribution < 1.29 is 23.5 Å². The summed E-state index contributed by atoms with van der Waals surface area (Å²) in [5.74, 6) is 0.601. The SMILES string of the molecule is CC(OC(C)(C)C)C(=O)C(C)(C)OCc1ccc(C=O)o1. The highest BCUT2D eigenvalue weighted by Gasteiger charge is 2.35. The van der Waals surface area contributed by atoms with Gasteiger partial charge in [0.1, 0.15) is 24.1 Å². The highest BCUT2D eigenvalue weighted by Crippen LogP contribution is 2.21. The van der Waals surface area contributed by atoms with E-state index in [4.69, 9.17) is 13.9 Å². The lowest BCUT2D eigenvalue weighted by Crippen LogP contribution is -2.44. The van der Waals surface area contributed by atoms with Crippen molar-refractivity contribution in [2.75, 3.05) is 0 Å². The van der Waals surface area contributed by atoms with E-state index in [0.717, 1.165) is 0 Å². The molecule has 0 bridgehead atoms. The van der Waals surface area contributed by atoms with Crippen molar-refractivity contribution in [3.8, 4) is 0 Å². The van der Waals surface area contributed by atoms with E-state index in [1.165, 1.54) is 0 Å². The van der Waals surface area contributed by atoms with Gasteiger partial charge in [-0.15, -0.1) is 0 Å². The molecule has 1 aromatic rings. The Hall–Kier alpha value is -1.46. The lowest BCUT2D eigenvalue weighted by molar-refractivity contribution is -0.161. The highest BCUT2D eigenvalue weighted by atomic mass is 16.5. The van der Waals surface area contributed by atoms with E-state index < -0.39 is 17.3 Å². The summed E-state index contributed by atoms with van der Waals surface area (Å²) in [6.45, 7) is 10.9. The van der Waals surface area contributed by atoms with Crippen LogP contribution in [0.2, 0.25) is 0 Å². The molecule has 0 saturated carbocycles. The average Bonchev–Trinajstić information content (AvgIpc) is 2.81. The molecule has 1 rings (SSSR count). The molecule has 0 aliphatic carbocycles. The zero-order chi connectivity index (χ0) is 16.3. The Labute approximate surface area is 125 Å². The second-order valence-corrected chi connectivity index (χ2v) is 6.46. The Kier molecular flexibility index (Phi) is 5.48. The molecule has 0 aliphatic rings. The Morgan fingerprint density at radius 3 is 2.38 bits per heavy atom. The average molecular weight is 296 g/mol. The third-order valence-electron chi connectivity index (χ3n) is 2.87. The normalized spacial score (nSPS) is 14.0. The van der Waals surface area contributed by atoms with Crippen molar-refractivity contribution in [2.24, 2.45) is 0 Å². The van der Waals surface area contributed by atoms with Gasteiger partial charge in [0.25, 0.3) is 0 Å². The van der Waals surface area contributed by atoms with Gasteiger partial charge in [-0.05, 0) is 53.7 Å². The number of carbonyl (C=O) groups is 2. The molecule has 0 saturated heterocycles. The van der Waals surface area contributed by atoms with E-state index in [1.54, 1.807) is 32.9 Å². The second-order valence-electron chi connectivity index (χ2n) is 6.46. The van der Waals surface area contributed by atoms with Crippen LogP contribution in [0.5, 0.6) is 0 Å². The smallest absolute Gasteiger partial charge is 0.192 e. The molecule has 0 amide bonds. The van der Waals surface area contributed by atoms with Crippen molar-refractivity contribution in [2.45, 2.75) is 65.5 Å². The van der Waals surface area contributed by atoms with Crippen molar-refractivity contribution >= 4 is 12.1 Å². The number of carbonyl (C=O) groups excluding carboxylic acids is 2. The maximum absolute atomic E-state index is 12.4. The number of ether oxygens (including phenoxy) is 2. The first-order valence-electron chi connectivity index (χ1n) is 6.95. The van der Waals surface area contributed by atoms with Gasteiger partial charge in [-0.25, -0.2) is 0 Å². The monoisotopic (exact) mass is 296 g/mol. The molecule has 1 unspecified atom stereocenters. The van der Waals surface area contributed by atoms with Crippen molar-refractivity contribution in [1.29, 1.82) is 0 Å². The van der Waals surface area contributed by atoms with E-state index in [1.807, 2.05) is 20.8 Å². The Balaban J connectivity index is 2.62. The number of hydrogen-bond donors (Lipinski definition) is 0. The van der Waals surface area contributed by atoms with Crippen LogP contribution < -0.4 is 0 Å². The fourth-order valence-corrected chi connectivity index (χ4v) is 1.93. The third-order valence-corrected chi connectivity index (χ3v) is 2.87. The molecule has 1 atom stereocenters. The van der Waals surface area contributed by atoms with Gasteiger partial charge in [0.05, 0.1) is 5.60 Å². The molecule has 0 radical (unpaired) electrons. The maximum atomic E-state index is 12.4. The Morgan fingerprint density at radius 2 is 1.90 bits per heavy atom. The van der Waals surface area contributed by atoms with Crippen molar-refractivity contribution in [3.05, 3.63) is 23.7 Å². The number of aldehydes is 1. The van der Waals surface area contributed by atoms with Gasteiger partial charge in [-0.1, -0.05) is 0 Å². The summed E-state index contributed by atoms with van der Waals surface area (Å²) >= 11 is 0. The quantitative estimate of drug-likeness (QED) is 0.723. The summed E-state index contributed by atoms with van der Waals surface area (Å²) in [6.07, 6.45) is 0.0566. The number of hydrogen-bond acceptors (Lipinski definition) is 5. The molecule has 118 valence electrons. The lowest BCUT2D eigenvalue weighted by atomic mass is 9.98. The molecule has 1 heterocycles. The molecular weight excluding hydrogens is 272 g/mol. The fraction of sp³-hybridized carbons (Fsp3) is 0.625. The van der Waals surface area contributed by atoms with Gasteiger partial charge in [0, 0.05) is 0 Å². The van der Waals surface area contributed by atoms with Crippen LogP contribution in [0.3, 0.4) is 0 Å². The van der Waals surface area contributed by atoms with Crippen LogP contribution in [0.15, 0.2) is 16.5 Å². The molecule has 0 aliphatic heterocycles. The fourth-order valence-electron chi connectivity index (χ4n) is 1.93. The van der Waals surface area contributed by atoms with Gasteiger partial charge in [0.2, 0.25) is 0 Å². The molecule has 1 aromatic heterocycles. The first kappa shape index (κ1) is 17.6. The number of furan rings is 1. The molecule has 5 nitrogen and oxygen atoms in total. The van der Waals surface area contributed by atoms with Gasteiger partial charge in [0.15, 0.2) is 17.8 Å². The minimum atomic E-state index is -1.00. The van der Waals surface area contributed by atoms with Crippen LogP contribution in [0.4, 0.5) is 0 Å². The predicted molar refractivity (Wildman–Crippen MR) is 78.3 cm³/mol. The summed E-state index contributed by atoms with van der Waals surface area (Å²) in [6, 6.07) is 3.21. The van der Waals surface area contributed by atoms with E-state index in [2.05, 4.69) is 0 Å². The van der Waals surface area contributed by atoms with E-state index in [9.17, 15) is 9.59 Å². The zero-order valence-electron chi connectivity index (χ0n) is 13.6. The summed E-state index contributed by atoms with van der Waals surface area (Å²) in [7, 11) is 0. The second kappa shape index (κ2) is 6.54. The topological polar surface area (TPSA) is 65.7 Å². The largest absolute Gasteiger partial charge is 0.456 e. The summed E-state index contributed by atoms with van der Waals surface area (Å²) < 4.78 is 16.5. The zero-order valence-corrected chi connectivity index (χ0v) is 13.6. The first-order valence-corrected chi connectivity index (χ1v) is 6.95. The molecule has 21 heavy (non-hydrogen) atoms. The van der Waals surface area contributed by atoms with Crippen LogP contribution in [0.1, 0.15) is 57.9 Å². The van der Waals surface area contributed by atoms with Crippen LogP contribution in [-0.4, -0.2) is 29.4 Å². The molecular formula is C16H24O5. The standard InChI is InChI=1S/C16H24O5/c1-11(21-15(2,3)4)14(18)16(5,6)19-10-13-8-7-12(9-17)20-13/h7-9,11H,10H2,1-6H3. The summed E-state index contributed by atoms with van der Waals surface area (Å²) in [5, 5.41) is 0. The molecule has 0 spiro atoms. The minimum Gasteiger partial charge on any atom is -0.456 e. The lowest BCUT2D eigenvalue weighted by Gasteiger charge is -2.30. The molecule has 5 heteroatoms. The molecule has 0 N–H and O–H groups in total. The third kappa shape index (κ3) is 5.44. The van der Waals surface area contributed by atoms with Crippen molar-refractivity contribution in [1.82, 2.24) is 0 Å². The summed E-state index contributed by atoms with van der Waals surface area (Å²) in [5.41, 5.74) is -1.40. The Morgan fingerprint density at radius 1 is 1.29 bits per heavy atom. The van der Waals surface area contributed by atoms with Gasteiger partial charge in [-0.2, -0.15) is 0 Å². The van der Waals surface area contributed by atoms with E-state index in [0.29, 0.717) is 12.0 Å². The highest BCUT2D eigenvalue weighted by molar-refractivity contribution is 5.90. The predicted octanol–water partition coefficient (Wildman–Crippen LogP) is 3.16. The van der Waals surface area contributed by atoms with Crippen LogP contribution in [0, 0.1) is 0 Å². The van der Waals surface area contributed by atoms with E-state index in [-0.39, 0.29) is 18.2 Å². The molecule has 0 aromatic carbocycles. The van der Waals surface area contributed by atoms with Crippen LogP contribution in [-0.2, 0) is 20.9 Å². The number of ketones is 1. The van der Waals surface area contributed by atoms with Crippen LogP contribution >= 0.6 is 0 Å². The van der Waals surface area contributed by atoms with Crippen molar-refractivity contribution in [3.63, 3.8) is 0 Å². The van der Waals surface area contributed by atoms with Gasteiger partial charge < -0.3 is 13.9 Å². The summed E-state index contributed by atoms with van der Waals surface area (Å²) in [4.78, 5) is 22.9. The Bertz CT molecular complexity index is 493. The minimum absolute atomic E-state index is 0.120. The number of rotatable bonds is 7. The first-order chi connectivity index (χ1) is 9.55. The van der Waals surface area contributed by atoms with Crippen LogP contribution in [0.25, 0.3) is 0 Å². The number of Topliss-reactive ketones (excluding diaryl/α,β-unsaturated/α-hetero) is 1. The van der Waals surface area contributed by atoms with E-state index >= 15 is 0 Å². The van der Waals surface area contributed by atoms with Gasteiger partial charge in [-0.3, -0.25) is 9.59 Å². The molecule has 0 fully saturated rings. The maximum Gasteiger partial charge on any atom is 0.192 e.